The molecule has 0 unspecified atom stereocenters. The first-order valence-electron chi connectivity index (χ1n) is 11.4. The first-order chi connectivity index (χ1) is 17.0. The van der Waals surface area contributed by atoms with Gasteiger partial charge in [-0.05, 0) is 49.7 Å². The molecule has 1 atom stereocenters. The Labute approximate surface area is 207 Å². The van der Waals surface area contributed by atoms with Crippen LogP contribution in [0.5, 0.6) is 17.2 Å². The van der Waals surface area contributed by atoms with Crippen molar-refractivity contribution in [2.45, 2.75) is 26.2 Å². The molecule has 0 spiro atoms. The zero-order chi connectivity index (χ0) is 24.5. The fraction of sp³-hybridized carbons (Fsp3) is 0.269. The van der Waals surface area contributed by atoms with Gasteiger partial charge in [0, 0.05) is 17.9 Å². The minimum Gasteiger partial charge on any atom is -0.494 e. The average molecular weight is 491 g/mol. The number of rotatable bonds is 8. The molecule has 35 heavy (non-hydrogen) atoms. The summed E-state index contributed by atoms with van der Waals surface area (Å²) in [7, 11) is 1.60. The number of anilines is 1. The fourth-order valence-electron chi connectivity index (χ4n) is 4.38. The zero-order valence-corrected chi connectivity index (χ0v) is 20.6. The Balaban J connectivity index is 1.56. The van der Waals surface area contributed by atoms with E-state index in [1.54, 1.807) is 17.9 Å². The van der Waals surface area contributed by atoms with Crippen molar-refractivity contribution >= 4 is 33.3 Å². The molecule has 2 aromatic heterocycles. The normalized spacial score (nSPS) is 14.9. The van der Waals surface area contributed by atoms with E-state index in [4.69, 9.17) is 24.3 Å². The molecule has 0 radical (unpaired) electrons. The third-order valence-corrected chi connectivity index (χ3v) is 6.88. The van der Waals surface area contributed by atoms with Crippen LogP contribution >= 0.6 is 11.3 Å². The van der Waals surface area contributed by atoms with Gasteiger partial charge in [0.05, 0.1) is 29.6 Å². The van der Waals surface area contributed by atoms with E-state index in [9.17, 15) is 4.79 Å². The van der Waals surface area contributed by atoms with Crippen molar-refractivity contribution in [1.82, 2.24) is 14.8 Å². The molecule has 0 bridgehead atoms. The highest BCUT2D eigenvalue weighted by atomic mass is 32.1. The summed E-state index contributed by atoms with van der Waals surface area (Å²) in [6, 6.07) is 11.6. The van der Waals surface area contributed by atoms with Gasteiger partial charge in [0.25, 0.3) is 0 Å². The Morgan fingerprint density at radius 2 is 2.09 bits per heavy atom. The number of hydrogen-bond acceptors (Lipinski definition) is 7. The van der Waals surface area contributed by atoms with Crippen LogP contribution in [0.2, 0.25) is 0 Å². The molecule has 8 nitrogen and oxygen atoms in total. The number of amides is 1. The number of carbonyl (C=O) groups excluding carboxylic acids is 1. The Morgan fingerprint density at radius 1 is 1.23 bits per heavy atom. The summed E-state index contributed by atoms with van der Waals surface area (Å²) < 4.78 is 19.6. The van der Waals surface area contributed by atoms with E-state index in [2.05, 4.69) is 11.9 Å². The highest BCUT2D eigenvalue weighted by Gasteiger charge is 2.33. The van der Waals surface area contributed by atoms with Gasteiger partial charge in [0.1, 0.15) is 18.2 Å². The number of thiazole rings is 1. The molecular weight excluding hydrogens is 464 g/mol. The second kappa shape index (κ2) is 9.42. The Bertz CT molecular complexity index is 1420. The fourth-order valence-corrected chi connectivity index (χ4v) is 5.33. The lowest BCUT2D eigenvalue weighted by atomic mass is 9.85. The predicted molar refractivity (Wildman–Crippen MR) is 136 cm³/mol. The van der Waals surface area contributed by atoms with Crippen molar-refractivity contribution < 1.29 is 19.0 Å². The van der Waals surface area contributed by atoms with Crippen molar-refractivity contribution in [2.75, 3.05) is 25.6 Å². The summed E-state index contributed by atoms with van der Waals surface area (Å²) in [6.45, 7) is 8.58. The summed E-state index contributed by atoms with van der Waals surface area (Å²) in [5, 5.41) is 8.49. The summed E-state index contributed by atoms with van der Waals surface area (Å²) in [6.07, 6.45) is 2.00. The van der Waals surface area contributed by atoms with Gasteiger partial charge in [0.15, 0.2) is 11.5 Å². The number of nitrogens with zero attached hydrogens (tertiary/aromatic N) is 3. The van der Waals surface area contributed by atoms with E-state index in [-0.39, 0.29) is 11.8 Å². The first-order valence-corrected chi connectivity index (χ1v) is 12.2. The molecule has 5 rings (SSSR count). The molecule has 0 aliphatic carbocycles. The van der Waals surface area contributed by atoms with Gasteiger partial charge >= 0.3 is 0 Å². The molecule has 3 heterocycles. The molecule has 9 heteroatoms. The van der Waals surface area contributed by atoms with E-state index < -0.39 is 0 Å². The highest BCUT2D eigenvalue weighted by Crippen LogP contribution is 2.43. The van der Waals surface area contributed by atoms with Crippen LogP contribution in [0.15, 0.2) is 49.1 Å². The molecule has 0 saturated heterocycles. The number of fused-ring (bicyclic) bond motifs is 2. The number of benzene rings is 2. The van der Waals surface area contributed by atoms with Gasteiger partial charge in [-0.25, -0.2) is 4.98 Å². The number of carbonyl (C=O) groups is 1. The Morgan fingerprint density at radius 3 is 2.86 bits per heavy atom. The average Bonchev–Trinajstić information content (AvgIpc) is 3.42. The lowest BCUT2D eigenvalue weighted by Gasteiger charge is -2.24. The van der Waals surface area contributed by atoms with Crippen LogP contribution in [0.3, 0.4) is 0 Å². The van der Waals surface area contributed by atoms with Gasteiger partial charge in [-0.2, -0.15) is 9.78 Å². The minimum atomic E-state index is -0.172. The van der Waals surface area contributed by atoms with Crippen molar-refractivity contribution in [3.05, 3.63) is 65.9 Å². The van der Waals surface area contributed by atoms with Gasteiger partial charge in [-0.15, -0.1) is 0 Å². The molecule has 0 fully saturated rings. The lowest BCUT2D eigenvalue weighted by Crippen LogP contribution is -2.25. The van der Waals surface area contributed by atoms with Crippen molar-refractivity contribution in [1.29, 1.82) is 0 Å². The molecular formula is C26H26N4O4S. The topological polar surface area (TPSA) is 87.5 Å². The van der Waals surface area contributed by atoms with Crippen LogP contribution in [0, 0.1) is 6.92 Å². The maximum Gasteiger partial charge on any atom is 0.226 e. The smallest absolute Gasteiger partial charge is 0.226 e. The van der Waals surface area contributed by atoms with E-state index in [1.807, 2.05) is 50.2 Å². The summed E-state index contributed by atoms with van der Waals surface area (Å²) in [5.41, 5.74) is 3.62. The monoisotopic (exact) mass is 490 g/mol. The largest absolute Gasteiger partial charge is 0.494 e. The molecule has 1 aliphatic rings. The summed E-state index contributed by atoms with van der Waals surface area (Å²) in [5.74, 6) is 2.45. The summed E-state index contributed by atoms with van der Waals surface area (Å²) >= 11 is 1.50. The van der Waals surface area contributed by atoms with Crippen LogP contribution in [0.25, 0.3) is 15.3 Å². The second-order valence-electron chi connectivity index (χ2n) is 8.13. The van der Waals surface area contributed by atoms with E-state index in [0.29, 0.717) is 42.1 Å². The van der Waals surface area contributed by atoms with Gasteiger partial charge in [-0.3, -0.25) is 4.79 Å². The maximum absolute atomic E-state index is 12.8. The van der Waals surface area contributed by atoms with Crippen molar-refractivity contribution in [3.8, 4) is 22.4 Å². The van der Waals surface area contributed by atoms with Crippen LogP contribution in [0.1, 0.15) is 36.1 Å². The Kier molecular flexibility index (Phi) is 6.17. The number of aromatic nitrogens is 3. The molecule has 1 aliphatic heterocycles. The van der Waals surface area contributed by atoms with Crippen LogP contribution in [-0.4, -0.2) is 41.0 Å². The molecule has 1 N–H and O–H groups in total. The van der Waals surface area contributed by atoms with Gasteiger partial charge in [0.2, 0.25) is 11.0 Å². The number of hydrogen-bond donors (Lipinski definition) is 1. The number of nitrogens with one attached hydrogen (secondary N) is 1. The third kappa shape index (κ3) is 4.23. The van der Waals surface area contributed by atoms with E-state index in [0.717, 1.165) is 32.8 Å². The van der Waals surface area contributed by atoms with Crippen LogP contribution < -0.4 is 19.5 Å². The molecule has 0 saturated carbocycles. The molecule has 4 aromatic rings. The minimum absolute atomic E-state index is 0.0747. The first kappa shape index (κ1) is 22.9. The van der Waals surface area contributed by atoms with Crippen molar-refractivity contribution in [3.63, 3.8) is 0 Å². The lowest BCUT2D eigenvalue weighted by molar-refractivity contribution is -0.116. The van der Waals surface area contributed by atoms with Crippen molar-refractivity contribution in [2.24, 2.45) is 0 Å². The standard InChI is InChI=1S/C26H26N4O4S/c1-5-11-34-20-10-7-16(12-21(20)32-4)18-14-23(31)28-25-24(18)15(3)29-30(25)26-27-19-9-8-17(33-6-2)13-22(19)35-26/h5,7-10,12-13,18H,1,6,11,14H2,2-4H3,(H,28,31)/t18-/m1/s1. The summed E-state index contributed by atoms with van der Waals surface area (Å²) in [4.78, 5) is 17.6. The highest BCUT2D eigenvalue weighted by molar-refractivity contribution is 7.20. The van der Waals surface area contributed by atoms with Gasteiger partial charge in [-0.1, -0.05) is 30.1 Å². The molecule has 2 aromatic carbocycles. The zero-order valence-electron chi connectivity index (χ0n) is 19.8. The van der Waals surface area contributed by atoms with E-state index in [1.165, 1.54) is 11.3 Å². The SMILES string of the molecule is C=CCOc1ccc([C@H]2CC(=O)Nc3c2c(C)nn3-c2nc3ccc(OCC)cc3s2)cc1OC. The number of methoxy groups -OCH3 is 1. The van der Waals surface area contributed by atoms with Crippen LogP contribution in [0.4, 0.5) is 5.82 Å². The second-order valence-corrected chi connectivity index (χ2v) is 9.14. The predicted octanol–water partition coefficient (Wildman–Crippen LogP) is 5.24. The third-order valence-electron chi connectivity index (χ3n) is 5.89. The van der Waals surface area contributed by atoms with E-state index >= 15 is 0 Å². The molecule has 1 amide bonds. The maximum atomic E-state index is 12.8. The Hall–Kier alpha value is -3.85. The van der Waals surface area contributed by atoms with Gasteiger partial charge < -0.3 is 19.5 Å². The quantitative estimate of drug-likeness (QED) is 0.340. The number of ether oxygens (including phenoxy) is 3. The number of aryl methyl sites for hydroxylation is 1. The van der Waals surface area contributed by atoms with Crippen LogP contribution in [-0.2, 0) is 4.79 Å². The molecule has 180 valence electrons.